The second-order valence-corrected chi connectivity index (χ2v) is 8.18. The molecule has 2 aromatic heterocycles. The van der Waals surface area contributed by atoms with Crippen LogP contribution in [0.2, 0.25) is 0 Å². The first-order valence-electron chi connectivity index (χ1n) is 10.5. The van der Waals surface area contributed by atoms with Crippen LogP contribution in [0.25, 0.3) is 11.3 Å². The standard InChI is InChI=1S/C24H26FN5O/c1-15-11-18(25)3-4-19(15)21-6-5-20(26)22(29-21)13-24(31)30-10-8-17(14-30)12-23-27-9-7-16(2)28-23/h3-7,9,11,17H,8,10,12-14,26H2,1-2H3. The van der Waals surface area contributed by atoms with Gasteiger partial charge < -0.3 is 10.6 Å². The van der Waals surface area contributed by atoms with Crippen molar-refractivity contribution in [2.45, 2.75) is 33.1 Å². The molecule has 1 aliphatic heterocycles. The molecule has 3 aromatic rings. The fourth-order valence-electron chi connectivity index (χ4n) is 4.06. The predicted molar refractivity (Wildman–Crippen MR) is 118 cm³/mol. The normalized spacial score (nSPS) is 16.0. The number of carbonyl (C=O) groups is 1. The summed E-state index contributed by atoms with van der Waals surface area (Å²) in [4.78, 5) is 28.2. The number of nitrogen functional groups attached to an aromatic ring is 1. The lowest BCUT2D eigenvalue weighted by Crippen LogP contribution is -2.31. The number of hydrogen-bond acceptors (Lipinski definition) is 5. The van der Waals surface area contributed by atoms with Gasteiger partial charge in [0.1, 0.15) is 11.6 Å². The Morgan fingerprint density at radius 1 is 1.19 bits per heavy atom. The highest BCUT2D eigenvalue weighted by Gasteiger charge is 2.27. The molecule has 1 atom stereocenters. The Labute approximate surface area is 181 Å². The first-order chi connectivity index (χ1) is 14.9. The van der Waals surface area contributed by atoms with Crippen LogP contribution in [0.3, 0.4) is 0 Å². The van der Waals surface area contributed by atoms with Gasteiger partial charge in [0.15, 0.2) is 0 Å². The Morgan fingerprint density at radius 3 is 2.81 bits per heavy atom. The van der Waals surface area contributed by atoms with E-state index in [9.17, 15) is 9.18 Å². The summed E-state index contributed by atoms with van der Waals surface area (Å²) in [6.07, 6.45) is 3.62. The van der Waals surface area contributed by atoms with Crippen LogP contribution in [-0.4, -0.2) is 38.8 Å². The monoisotopic (exact) mass is 419 g/mol. The predicted octanol–water partition coefficient (Wildman–Crippen LogP) is 3.51. The molecule has 160 valence electrons. The Morgan fingerprint density at radius 2 is 2.03 bits per heavy atom. The van der Waals surface area contributed by atoms with E-state index in [1.165, 1.54) is 12.1 Å². The zero-order valence-electron chi connectivity index (χ0n) is 17.8. The summed E-state index contributed by atoms with van der Waals surface area (Å²) in [6, 6.07) is 10.0. The summed E-state index contributed by atoms with van der Waals surface area (Å²) in [7, 11) is 0. The minimum Gasteiger partial charge on any atom is -0.397 e. The molecule has 0 aliphatic carbocycles. The van der Waals surface area contributed by atoms with Gasteiger partial charge in [0, 0.05) is 37.0 Å². The van der Waals surface area contributed by atoms with Gasteiger partial charge >= 0.3 is 0 Å². The lowest BCUT2D eigenvalue weighted by molar-refractivity contribution is -0.129. The highest BCUT2D eigenvalue weighted by atomic mass is 19.1. The summed E-state index contributed by atoms with van der Waals surface area (Å²) < 4.78 is 13.4. The fourth-order valence-corrected chi connectivity index (χ4v) is 4.06. The van der Waals surface area contributed by atoms with Crippen LogP contribution in [0.5, 0.6) is 0 Å². The number of pyridine rings is 1. The minimum atomic E-state index is -0.285. The second kappa shape index (κ2) is 8.79. The van der Waals surface area contributed by atoms with Crippen LogP contribution in [0.1, 0.15) is 29.2 Å². The van der Waals surface area contributed by atoms with E-state index in [1.54, 1.807) is 24.4 Å². The van der Waals surface area contributed by atoms with Gasteiger partial charge in [-0.3, -0.25) is 9.78 Å². The van der Waals surface area contributed by atoms with Gasteiger partial charge in [-0.25, -0.2) is 14.4 Å². The number of halogens is 1. The first-order valence-corrected chi connectivity index (χ1v) is 10.5. The lowest BCUT2D eigenvalue weighted by atomic mass is 10.0. The number of nitrogens with two attached hydrogens (primary N) is 1. The van der Waals surface area contributed by atoms with Crippen molar-refractivity contribution < 1.29 is 9.18 Å². The number of likely N-dealkylation sites (tertiary alicyclic amines) is 1. The maximum atomic E-state index is 13.4. The number of rotatable bonds is 5. The van der Waals surface area contributed by atoms with E-state index in [-0.39, 0.29) is 18.1 Å². The zero-order valence-corrected chi connectivity index (χ0v) is 17.8. The van der Waals surface area contributed by atoms with Crippen molar-refractivity contribution in [3.05, 3.63) is 71.2 Å². The number of aromatic nitrogens is 3. The van der Waals surface area contributed by atoms with Crippen molar-refractivity contribution in [2.75, 3.05) is 18.8 Å². The highest BCUT2D eigenvalue weighted by Crippen LogP contribution is 2.26. The van der Waals surface area contributed by atoms with Crippen molar-refractivity contribution >= 4 is 11.6 Å². The van der Waals surface area contributed by atoms with Crippen molar-refractivity contribution in [1.82, 2.24) is 19.9 Å². The molecule has 1 aliphatic rings. The van der Waals surface area contributed by atoms with E-state index in [0.717, 1.165) is 35.5 Å². The highest BCUT2D eigenvalue weighted by molar-refractivity contribution is 5.80. The molecule has 0 spiro atoms. The number of carbonyl (C=O) groups excluding carboxylic acids is 1. The van der Waals surface area contributed by atoms with Crippen molar-refractivity contribution in [2.24, 2.45) is 5.92 Å². The van der Waals surface area contributed by atoms with Crippen LogP contribution in [0.4, 0.5) is 10.1 Å². The van der Waals surface area contributed by atoms with Gasteiger partial charge in [-0.05, 0) is 68.1 Å². The topological polar surface area (TPSA) is 85.0 Å². The average Bonchev–Trinajstić information content (AvgIpc) is 3.18. The Kier molecular flexibility index (Phi) is 5.93. The molecule has 7 heteroatoms. The molecule has 0 saturated carbocycles. The largest absolute Gasteiger partial charge is 0.397 e. The molecule has 0 bridgehead atoms. The zero-order chi connectivity index (χ0) is 22.0. The third-order valence-corrected chi connectivity index (χ3v) is 5.75. The molecular weight excluding hydrogens is 393 g/mol. The van der Waals surface area contributed by atoms with Crippen molar-refractivity contribution in [3.63, 3.8) is 0 Å². The number of hydrogen-bond donors (Lipinski definition) is 1. The Balaban J connectivity index is 1.44. The van der Waals surface area contributed by atoms with Crippen LogP contribution < -0.4 is 5.73 Å². The quantitative estimate of drug-likeness (QED) is 0.684. The SMILES string of the molecule is Cc1ccnc(CC2CCN(C(=O)Cc3nc(-c4ccc(F)cc4C)ccc3N)C2)n1. The smallest absolute Gasteiger partial charge is 0.228 e. The van der Waals surface area contributed by atoms with Crippen LogP contribution >= 0.6 is 0 Å². The van der Waals surface area contributed by atoms with Gasteiger partial charge in [0.25, 0.3) is 0 Å². The van der Waals surface area contributed by atoms with Gasteiger partial charge in [0.05, 0.1) is 23.5 Å². The van der Waals surface area contributed by atoms with E-state index < -0.39 is 0 Å². The average molecular weight is 420 g/mol. The summed E-state index contributed by atoms with van der Waals surface area (Å²) >= 11 is 0. The van der Waals surface area contributed by atoms with E-state index in [1.807, 2.05) is 24.8 Å². The second-order valence-electron chi connectivity index (χ2n) is 8.18. The Hall–Kier alpha value is -3.35. The molecule has 6 nitrogen and oxygen atoms in total. The third kappa shape index (κ3) is 4.87. The molecule has 1 unspecified atom stereocenters. The molecule has 31 heavy (non-hydrogen) atoms. The number of anilines is 1. The molecule has 0 radical (unpaired) electrons. The maximum absolute atomic E-state index is 13.4. The van der Waals surface area contributed by atoms with Gasteiger partial charge in [-0.1, -0.05) is 0 Å². The molecule has 3 heterocycles. The van der Waals surface area contributed by atoms with Crippen molar-refractivity contribution in [3.8, 4) is 11.3 Å². The fraction of sp³-hybridized carbons (Fsp3) is 0.333. The number of benzene rings is 1. The molecule has 1 fully saturated rings. The number of amides is 1. The summed E-state index contributed by atoms with van der Waals surface area (Å²) in [5.74, 6) is 0.906. The molecular formula is C24H26FN5O. The number of aryl methyl sites for hydroxylation is 2. The number of nitrogens with zero attached hydrogens (tertiary/aromatic N) is 4. The first kappa shape index (κ1) is 20.9. The van der Waals surface area contributed by atoms with Gasteiger partial charge in [0.2, 0.25) is 5.91 Å². The van der Waals surface area contributed by atoms with E-state index in [0.29, 0.717) is 36.1 Å². The van der Waals surface area contributed by atoms with Gasteiger partial charge in [-0.15, -0.1) is 0 Å². The molecule has 1 amide bonds. The van der Waals surface area contributed by atoms with E-state index in [4.69, 9.17) is 5.73 Å². The van der Waals surface area contributed by atoms with Crippen LogP contribution in [-0.2, 0) is 17.6 Å². The lowest BCUT2D eigenvalue weighted by Gasteiger charge is -2.17. The third-order valence-electron chi connectivity index (χ3n) is 5.75. The van der Waals surface area contributed by atoms with Crippen LogP contribution in [0.15, 0.2) is 42.6 Å². The summed E-state index contributed by atoms with van der Waals surface area (Å²) in [5.41, 5.74) is 10.4. The van der Waals surface area contributed by atoms with E-state index >= 15 is 0 Å². The minimum absolute atomic E-state index is 0.0137. The van der Waals surface area contributed by atoms with Crippen LogP contribution in [0, 0.1) is 25.6 Å². The molecule has 4 rings (SSSR count). The van der Waals surface area contributed by atoms with Crippen molar-refractivity contribution in [1.29, 1.82) is 0 Å². The molecule has 1 saturated heterocycles. The van der Waals surface area contributed by atoms with E-state index in [2.05, 4.69) is 15.0 Å². The maximum Gasteiger partial charge on any atom is 0.228 e. The summed E-state index contributed by atoms with van der Waals surface area (Å²) in [6.45, 7) is 5.19. The van der Waals surface area contributed by atoms with Gasteiger partial charge in [-0.2, -0.15) is 0 Å². The molecule has 2 N–H and O–H groups in total. The summed E-state index contributed by atoms with van der Waals surface area (Å²) in [5, 5.41) is 0. The molecule has 1 aromatic carbocycles. The Bertz CT molecular complexity index is 1120.